The molecule has 5 aliphatic rings. The molecule has 4 aliphatic carbocycles. The molecular weight excluding hydrogens is 280 g/mol. The van der Waals surface area contributed by atoms with Gasteiger partial charge in [0.15, 0.2) is 5.60 Å². The van der Waals surface area contributed by atoms with Crippen LogP contribution >= 0.6 is 0 Å². The van der Waals surface area contributed by atoms with Crippen LogP contribution in [0.25, 0.3) is 0 Å². The van der Waals surface area contributed by atoms with E-state index in [-0.39, 0.29) is 24.0 Å². The monoisotopic (exact) mass is 306 g/mol. The van der Waals surface area contributed by atoms with Crippen LogP contribution in [0.3, 0.4) is 0 Å². The SMILES string of the molecule is CC(C)C(=O)OC1(C2CCC(=O)O2)C2CC3CC(C2)CC1C3. The molecule has 0 N–H and O–H groups in total. The van der Waals surface area contributed by atoms with E-state index >= 15 is 0 Å². The van der Waals surface area contributed by atoms with E-state index in [9.17, 15) is 9.59 Å². The molecule has 1 atom stereocenters. The van der Waals surface area contributed by atoms with Gasteiger partial charge in [-0.3, -0.25) is 9.59 Å². The minimum atomic E-state index is -0.527. The lowest BCUT2D eigenvalue weighted by Crippen LogP contribution is -2.65. The van der Waals surface area contributed by atoms with Crippen LogP contribution in [0.15, 0.2) is 0 Å². The first kappa shape index (κ1) is 14.5. The first-order chi connectivity index (χ1) is 10.5. The van der Waals surface area contributed by atoms with E-state index in [1.165, 1.54) is 6.42 Å². The molecule has 1 aliphatic heterocycles. The Morgan fingerprint density at radius 1 is 1.14 bits per heavy atom. The highest BCUT2D eigenvalue weighted by atomic mass is 16.6. The summed E-state index contributed by atoms with van der Waals surface area (Å²) in [5, 5.41) is 0. The molecule has 1 unspecified atom stereocenters. The second-order valence-electron chi connectivity index (χ2n) is 8.25. The molecule has 1 heterocycles. The van der Waals surface area contributed by atoms with Gasteiger partial charge in [0.05, 0.1) is 5.92 Å². The standard InChI is InChI=1S/C18H26O4/c1-10(2)17(20)22-18(15-3-4-16(19)21-15)13-6-11-5-12(8-13)9-14(18)7-11/h10-15H,3-9H2,1-2H3. The van der Waals surface area contributed by atoms with Crippen molar-refractivity contribution in [2.24, 2.45) is 29.6 Å². The second-order valence-corrected chi connectivity index (χ2v) is 8.25. The lowest BCUT2D eigenvalue weighted by Gasteiger charge is -2.61. The zero-order valence-corrected chi connectivity index (χ0v) is 13.5. The highest BCUT2D eigenvalue weighted by Crippen LogP contribution is 2.62. The number of cyclic esters (lactones) is 1. The Hall–Kier alpha value is -1.06. The number of carbonyl (C=O) groups excluding carboxylic acids is 2. The third-order valence-electron chi connectivity index (χ3n) is 6.55. The lowest BCUT2D eigenvalue weighted by atomic mass is 9.48. The van der Waals surface area contributed by atoms with Crippen LogP contribution in [0.2, 0.25) is 0 Å². The van der Waals surface area contributed by atoms with E-state index < -0.39 is 5.60 Å². The van der Waals surface area contributed by atoms with Gasteiger partial charge in [-0.1, -0.05) is 13.8 Å². The van der Waals surface area contributed by atoms with Crippen LogP contribution in [0.4, 0.5) is 0 Å². The minimum Gasteiger partial charge on any atom is -0.458 e. The summed E-state index contributed by atoms with van der Waals surface area (Å²) in [5.41, 5.74) is -0.527. The van der Waals surface area contributed by atoms with E-state index in [2.05, 4.69) is 0 Å². The van der Waals surface area contributed by atoms with Crippen LogP contribution < -0.4 is 0 Å². The molecule has 5 rings (SSSR count). The van der Waals surface area contributed by atoms with Crippen molar-refractivity contribution in [2.45, 2.75) is 70.5 Å². The van der Waals surface area contributed by atoms with Crippen LogP contribution in [0.1, 0.15) is 58.8 Å². The Morgan fingerprint density at radius 2 is 1.73 bits per heavy atom. The summed E-state index contributed by atoms with van der Waals surface area (Å²) in [6.45, 7) is 3.76. The topological polar surface area (TPSA) is 52.6 Å². The molecule has 0 radical (unpaired) electrons. The zero-order valence-electron chi connectivity index (χ0n) is 13.5. The Labute approximate surface area is 131 Å². The van der Waals surface area contributed by atoms with Gasteiger partial charge in [-0.25, -0.2) is 0 Å². The molecule has 1 saturated heterocycles. The fourth-order valence-corrected chi connectivity index (χ4v) is 5.81. The first-order valence-corrected chi connectivity index (χ1v) is 8.91. The van der Waals surface area contributed by atoms with Gasteiger partial charge < -0.3 is 9.47 Å². The quantitative estimate of drug-likeness (QED) is 0.752. The molecule has 4 saturated carbocycles. The fourth-order valence-electron chi connectivity index (χ4n) is 5.81. The number of esters is 2. The van der Waals surface area contributed by atoms with Crippen molar-refractivity contribution in [3.8, 4) is 0 Å². The average Bonchev–Trinajstić information content (AvgIpc) is 2.88. The average molecular weight is 306 g/mol. The molecule has 22 heavy (non-hydrogen) atoms. The van der Waals surface area contributed by atoms with E-state index in [0.29, 0.717) is 24.7 Å². The van der Waals surface area contributed by atoms with Gasteiger partial charge in [0.2, 0.25) is 0 Å². The summed E-state index contributed by atoms with van der Waals surface area (Å²) in [4.78, 5) is 24.1. The van der Waals surface area contributed by atoms with E-state index in [4.69, 9.17) is 9.47 Å². The van der Waals surface area contributed by atoms with E-state index in [1.807, 2.05) is 13.8 Å². The Balaban J connectivity index is 1.69. The van der Waals surface area contributed by atoms with Crippen LogP contribution in [0.5, 0.6) is 0 Å². The number of hydrogen-bond donors (Lipinski definition) is 0. The maximum absolute atomic E-state index is 12.4. The van der Waals surface area contributed by atoms with Gasteiger partial charge in [-0.2, -0.15) is 0 Å². The Morgan fingerprint density at radius 3 is 2.18 bits per heavy atom. The third-order valence-corrected chi connectivity index (χ3v) is 6.55. The first-order valence-electron chi connectivity index (χ1n) is 8.91. The van der Waals surface area contributed by atoms with Gasteiger partial charge in [0.1, 0.15) is 6.10 Å². The molecule has 4 bridgehead atoms. The normalized spacial score (nSPS) is 46.1. The third kappa shape index (κ3) is 2.02. The summed E-state index contributed by atoms with van der Waals surface area (Å²) in [6, 6.07) is 0. The smallest absolute Gasteiger partial charge is 0.309 e. The second kappa shape index (κ2) is 4.97. The van der Waals surface area contributed by atoms with Crippen molar-refractivity contribution in [3.63, 3.8) is 0 Å². The highest BCUT2D eigenvalue weighted by Gasteiger charge is 2.64. The molecule has 4 heteroatoms. The Bertz CT molecular complexity index is 467. The van der Waals surface area contributed by atoms with Gasteiger partial charge in [-0.15, -0.1) is 0 Å². The summed E-state index contributed by atoms with van der Waals surface area (Å²) < 4.78 is 11.8. The van der Waals surface area contributed by atoms with Crippen molar-refractivity contribution < 1.29 is 19.1 Å². The fraction of sp³-hybridized carbons (Fsp3) is 0.889. The van der Waals surface area contributed by atoms with Gasteiger partial charge >= 0.3 is 11.9 Å². The molecule has 0 aromatic heterocycles. The van der Waals surface area contributed by atoms with Crippen LogP contribution in [-0.2, 0) is 19.1 Å². The molecule has 0 aromatic rings. The molecule has 0 spiro atoms. The molecule has 4 nitrogen and oxygen atoms in total. The number of carbonyl (C=O) groups is 2. The minimum absolute atomic E-state index is 0.126. The summed E-state index contributed by atoms with van der Waals surface area (Å²) in [6.07, 6.45) is 6.91. The summed E-state index contributed by atoms with van der Waals surface area (Å²) in [7, 11) is 0. The molecular formula is C18H26O4. The van der Waals surface area contributed by atoms with Crippen molar-refractivity contribution in [3.05, 3.63) is 0 Å². The maximum atomic E-state index is 12.4. The van der Waals surface area contributed by atoms with E-state index in [1.54, 1.807) is 0 Å². The van der Waals surface area contributed by atoms with Gasteiger partial charge in [0.25, 0.3) is 0 Å². The highest BCUT2D eigenvalue weighted by molar-refractivity contribution is 5.73. The van der Waals surface area contributed by atoms with Crippen molar-refractivity contribution >= 4 is 11.9 Å². The summed E-state index contributed by atoms with van der Waals surface area (Å²) in [5.74, 6) is 1.99. The number of hydrogen-bond acceptors (Lipinski definition) is 4. The van der Waals surface area contributed by atoms with Gasteiger partial charge in [-0.05, 0) is 50.4 Å². The Kier molecular flexibility index (Phi) is 3.28. The number of rotatable bonds is 3. The zero-order chi connectivity index (χ0) is 15.5. The predicted molar refractivity (Wildman–Crippen MR) is 79.8 cm³/mol. The molecule has 5 fully saturated rings. The van der Waals surface area contributed by atoms with Crippen LogP contribution in [-0.4, -0.2) is 23.6 Å². The molecule has 0 aromatic carbocycles. The maximum Gasteiger partial charge on any atom is 0.309 e. The van der Waals surface area contributed by atoms with Gasteiger partial charge in [0, 0.05) is 18.3 Å². The largest absolute Gasteiger partial charge is 0.458 e. The van der Waals surface area contributed by atoms with E-state index in [0.717, 1.165) is 37.5 Å². The number of ether oxygens (including phenoxy) is 2. The summed E-state index contributed by atoms with van der Waals surface area (Å²) >= 11 is 0. The predicted octanol–water partition coefficient (Wildman–Crippen LogP) is 3.09. The molecule has 122 valence electrons. The van der Waals surface area contributed by atoms with Crippen molar-refractivity contribution in [1.29, 1.82) is 0 Å². The van der Waals surface area contributed by atoms with Crippen molar-refractivity contribution in [1.82, 2.24) is 0 Å². The van der Waals surface area contributed by atoms with Crippen molar-refractivity contribution in [2.75, 3.05) is 0 Å². The molecule has 0 amide bonds. The van der Waals surface area contributed by atoms with Crippen LogP contribution in [0, 0.1) is 29.6 Å². The lowest BCUT2D eigenvalue weighted by molar-refractivity contribution is -0.244.